The number of aromatic nitrogens is 1. The van der Waals surface area contributed by atoms with Gasteiger partial charge in [-0.2, -0.15) is 0 Å². The fourth-order valence-electron chi connectivity index (χ4n) is 3.14. The molecule has 0 fully saturated rings. The number of aliphatic hydroxyl groups excluding tert-OH is 1. The van der Waals surface area contributed by atoms with E-state index < -0.39 is 5.97 Å². The molecule has 0 radical (unpaired) electrons. The van der Waals surface area contributed by atoms with Crippen molar-refractivity contribution in [1.29, 1.82) is 0 Å². The second-order valence-corrected chi connectivity index (χ2v) is 6.85. The Morgan fingerprint density at radius 2 is 1.62 bits per heavy atom. The number of hydrogen-bond donors (Lipinski definition) is 1. The number of ketones is 1. The van der Waals surface area contributed by atoms with Crippen LogP contribution in [0.25, 0.3) is 0 Å². The third-order valence-electron chi connectivity index (χ3n) is 4.83. The SMILES string of the molecule is Cc1cc(C(=O)COC(=O)c2ccc(CO)cc2)c(C)n1Cc1ccc(F)cc1. The molecule has 0 aliphatic heterocycles. The third-order valence-corrected chi connectivity index (χ3v) is 4.83. The largest absolute Gasteiger partial charge is 0.454 e. The Morgan fingerprint density at radius 3 is 2.24 bits per heavy atom. The number of carbonyl (C=O) groups is 2. The quantitative estimate of drug-likeness (QED) is 0.488. The molecule has 0 bridgehead atoms. The Hall–Kier alpha value is -3.25. The summed E-state index contributed by atoms with van der Waals surface area (Å²) in [5.41, 5.74) is 4.07. The van der Waals surface area contributed by atoms with E-state index in [9.17, 15) is 14.0 Å². The summed E-state index contributed by atoms with van der Waals surface area (Å²) < 4.78 is 20.2. The highest BCUT2D eigenvalue weighted by atomic mass is 19.1. The number of nitrogens with zero attached hydrogens (tertiary/aromatic N) is 1. The van der Waals surface area contributed by atoms with E-state index in [1.165, 1.54) is 12.1 Å². The summed E-state index contributed by atoms with van der Waals surface area (Å²) in [6, 6.07) is 14.3. The predicted octanol–water partition coefficient (Wildman–Crippen LogP) is 3.82. The molecule has 150 valence electrons. The molecule has 0 saturated carbocycles. The van der Waals surface area contributed by atoms with Gasteiger partial charge in [0.2, 0.25) is 5.78 Å². The lowest BCUT2D eigenvalue weighted by atomic mass is 10.1. The zero-order valence-electron chi connectivity index (χ0n) is 16.3. The van der Waals surface area contributed by atoms with Gasteiger partial charge >= 0.3 is 5.97 Å². The van der Waals surface area contributed by atoms with E-state index in [-0.39, 0.29) is 24.8 Å². The van der Waals surface area contributed by atoms with Crippen LogP contribution < -0.4 is 0 Å². The number of rotatable bonds is 7. The third kappa shape index (κ3) is 4.78. The molecule has 0 saturated heterocycles. The van der Waals surface area contributed by atoms with Gasteiger partial charge < -0.3 is 14.4 Å². The van der Waals surface area contributed by atoms with Crippen LogP contribution in [0.2, 0.25) is 0 Å². The van der Waals surface area contributed by atoms with E-state index in [4.69, 9.17) is 9.84 Å². The minimum atomic E-state index is -0.594. The first-order valence-corrected chi connectivity index (χ1v) is 9.20. The number of hydrogen-bond acceptors (Lipinski definition) is 4. The minimum absolute atomic E-state index is 0.110. The van der Waals surface area contributed by atoms with Gasteiger partial charge in [0.05, 0.1) is 12.2 Å². The molecule has 0 amide bonds. The second kappa shape index (κ2) is 8.84. The average molecular weight is 395 g/mol. The van der Waals surface area contributed by atoms with Crippen molar-refractivity contribution < 1.29 is 23.8 Å². The molecule has 1 heterocycles. The number of benzene rings is 2. The molecule has 6 heteroatoms. The van der Waals surface area contributed by atoms with E-state index in [1.54, 1.807) is 42.5 Å². The lowest BCUT2D eigenvalue weighted by Crippen LogP contribution is -2.15. The lowest BCUT2D eigenvalue weighted by Gasteiger charge is -2.10. The summed E-state index contributed by atoms with van der Waals surface area (Å²) in [5, 5.41) is 9.05. The van der Waals surface area contributed by atoms with E-state index in [0.717, 1.165) is 17.0 Å². The number of Topliss-reactive ketones (excluding diaryl/α,β-unsaturated/α-hetero) is 1. The Balaban J connectivity index is 1.67. The Labute approximate surface area is 168 Å². The van der Waals surface area contributed by atoms with Gasteiger partial charge in [-0.25, -0.2) is 9.18 Å². The predicted molar refractivity (Wildman–Crippen MR) is 106 cm³/mol. The van der Waals surface area contributed by atoms with Crippen LogP contribution in [-0.4, -0.2) is 28.0 Å². The zero-order chi connectivity index (χ0) is 21.0. The van der Waals surface area contributed by atoms with Gasteiger partial charge in [0.1, 0.15) is 5.82 Å². The van der Waals surface area contributed by atoms with Crippen LogP contribution in [0.5, 0.6) is 0 Å². The standard InChI is InChI=1S/C23H22FNO4/c1-15-11-21(16(2)25(15)12-17-5-9-20(24)10-6-17)22(27)14-29-23(28)19-7-3-18(13-26)4-8-19/h3-11,26H,12-14H2,1-2H3. The average Bonchev–Trinajstić information content (AvgIpc) is 3.01. The second-order valence-electron chi connectivity index (χ2n) is 6.85. The van der Waals surface area contributed by atoms with Crippen LogP contribution in [-0.2, 0) is 17.9 Å². The van der Waals surface area contributed by atoms with Crippen LogP contribution in [0.3, 0.4) is 0 Å². The first-order chi connectivity index (χ1) is 13.9. The van der Waals surface area contributed by atoms with Crippen molar-refractivity contribution >= 4 is 11.8 Å². The molecule has 0 aliphatic rings. The van der Waals surface area contributed by atoms with E-state index >= 15 is 0 Å². The van der Waals surface area contributed by atoms with Crippen molar-refractivity contribution in [3.8, 4) is 0 Å². The highest BCUT2D eigenvalue weighted by Gasteiger charge is 2.18. The van der Waals surface area contributed by atoms with Crippen molar-refractivity contribution in [3.63, 3.8) is 0 Å². The maximum absolute atomic E-state index is 13.1. The van der Waals surface area contributed by atoms with Crippen molar-refractivity contribution in [2.75, 3.05) is 6.61 Å². The summed E-state index contributed by atoms with van der Waals surface area (Å²) in [7, 11) is 0. The molecule has 0 unspecified atom stereocenters. The van der Waals surface area contributed by atoms with Crippen LogP contribution in [0.4, 0.5) is 4.39 Å². The van der Waals surface area contributed by atoms with Gasteiger partial charge in [-0.05, 0) is 55.3 Å². The molecule has 5 nitrogen and oxygen atoms in total. The Morgan fingerprint density at radius 1 is 1.00 bits per heavy atom. The summed E-state index contributed by atoms with van der Waals surface area (Å²) in [6.45, 7) is 3.77. The highest BCUT2D eigenvalue weighted by molar-refractivity contribution is 6.00. The fraction of sp³-hybridized carbons (Fsp3) is 0.217. The number of carbonyl (C=O) groups excluding carboxylic acids is 2. The lowest BCUT2D eigenvalue weighted by molar-refractivity contribution is 0.0474. The summed E-state index contributed by atoms with van der Waals surface area (Å²) in [6.07, 6.45) is 0. The molecule has 1 N–H and O–H groups in total. The number of esters is 1. The van der Waals surface area contributed by atoms with Crippen LogP contribution in [0, 0.1) is 19.7 Å². The Kier molecular flexibility index (Phi) is 6.24. The molecule has 29 heavy (non-hydrogen) atoms. The number of halogens is 1. The maximum atomic E-state index is 13.1. The molecule has 3 rings (SSSR count). The van der Waals surface area contributed by atoms with Crippen LogP contribution >= 0.6 is 0 Å². The van der Waals surface area contributed by atoms with Crippen LogP contribution in [0.1, 0.15) is 43.2 Å². The van der Waals surface area contributed by atoms with Gasteiger partial charge in [0.15, 0.2) is 6.61 Å². The van der Waals surface area contributed by atoms with Crippen molar-refractivity contribution in [2.45, 2.75) is 27.0 Å². The zero-order valence-corrected chi connectivity index (χ0v) is 16.3. The number of ether oxygens (including phenoxy) is 1. The highest BCUT2D eigenvalue weighted by Crippen LogP contribution is 2.18. The maximum Gasteiger partial charge on any atom is 0.338 e. The van der Waals surface area contributed by atoms with Gasteiger partial charge in [0.25, 0.3) is 0 Å². The summed E-state index contributed by atoms with van der Waals surface area (Å²) in [5.74, 6) is -1.18. The van der Waals surface area contributed by atoms with Crippen molar-refractivity contribution in [1.82, 2.24) is 4.57 Å². The number of aliphatic hydroxyl groups is 1. The van der Waals surface area contributed by atoms with Crippen LogP contribution in [0.15, 0.2) is 54.6 Å². The summed E-state index contributed by atoms with van der Waals surface area (Å²) >= 11 is 0. The van der Waals surface area contributed by atoms with E-state index in [1.807, 2.05) is 18.4 Å². The van der Waals surface area contributed by atoms with Gasteiger partial charge in [0, 0.05) is 23.5 Å². The Bertz CT molecular complexity index is 1020. The molecule has 2 aromatic carbocycles. The van der Waals surface area contributed by atoms with Crippen molar-refractivity contribution in [3.05, 3.63) is 94.1 Å². The first-order valence-electron chi connectivity index (χ1n) is 9.20. The van der Waals surface area contributed by atoms with Gasteiger partial charge in [-0.3, -0.25) is 4.79 Å². The van der Waals surface area contributed by atoms with Gasteiger partial charge in [-0.1, -0.05) is 24.3 Å². The molecule has 0 atom stereocenters. The molecule has 3 aromatic rings. The number of aryl methyl sites for hydroxylation is 1. The van der Waals surface area contributed by atoms with E-state index in [2.05, 4.69) is 0 Å². The molecular weight excluding hydrogens is 373 g/mol. The normalized spacial score (nSPS) is 10.8. The topological polar surface area (TPSA) is 68.5 Å². The van der Waals surface area contributed by atoms with Gasteiger partial charge in [-0.15, -0.1) is 0 Å². The smallest absolute Gasteiger partial charge is 0.338 e. The van der Waals surface area contributed by atoms with Crippen molar-refractivity contribution in [2.24, 2.45) is 0 Å². The summed E-state index contributed by atoms with van der Waals surface area (Å²) in [4.78, 5) is 24.7. The van der Waals surface area contributed by atoms with E-state index in [0.29, 0.717) is 23.2 Å². The molecule has 0 spiro atoms. The molecule has 0 aliphatic carbocycles. The fourth-order valence-corrected chi connectivity index (χ4v) is 3.14. The minimum Gasteiger partial charge on any atom is -0.454 e. The molecular formula is C23H22FNO4. The first kappa shape index (κ1) is 20.5. The molecule has 1 aromatic heterocycles. The monoisotopic (exact) mass is 395 g/mol.